The van der Waals surface area contributed by atoms with Gasteiger partial charge in [-0.2, -0.15) is 0 Å². The van der Waals surface area contributed by atoms with Crippen molar-refractivity contribution in [2.45, 2.75) is 18.9 Å². The first-order valence-electron chi connectivity index (χ1n) is 9.92. The molecule has 2 aromatic carbocycles. The molecular formula is C23H20N4O5. The summed E-state index contributed by atoms with van der Waals surface area (Å²) in [5.74, 6) is 5.14. The summed E-state index contributed by atoms with van der Waals surface area (Å²) < 4.78 is 8.44. The molecule has 2 heterocycles. The van der Waals surface area contributed by atoms with Crippen LogP contribution < -0.4 is 21.5 Å². The fraction of sp³-hybridized carbons (Fsp3) is 0.217. The maximum atomic E-state index is 12.9. The summed E-state index contributed by atoms with van der Waals surface area (Å²) in [4.78, 5) is 47.8. The van der Waals surface area contributed by atoms with E-state index < -0.39 is 17.9 Å². The first-order valence-corrected chi connectivity index (χ1v) is 9.92. The number of benzene rings is 2. The van der Waals surface area contributed by atoms with Gasteiger partial charge in [0.05, 0.1) is 16.6 Å². The van der Waals surface area contributed by atoms with Gasteiger partial charge in [-0.25, -0.2) is 4.79 Å². The third-order valence-corrected chi connectivity index (χ3v) is 5.30. The van der Waals surface area contributed by atoms with Gasteiger partial charge >= 0.3 is 5.69 Å². The van der Waals surface area contributed by atoms with E-state index in [9.17, 15) is 19.2 Å². The van der Waals surface area contributed by atoms with Crippen LogP contribution in [0.1, 0.15) is 34.8 Å². The highest BCUT2D eigenvalue weighted by atomic mass is 16.5. The van der Waals surface area contributed by atoms with Gasteiger partial charge in [0.25, 0.3) is 0 Å². The van der Waals surface area contributed by atoms with Crippen LogP contribution in [0.15, 0.2) is 47.3 Å². The van der Waals surface area contributed by atoms with Crippen molar-refractivity contribution in [1.82, 2.24) is 14.5 Å². The van der Waals surface area contributed by atoms with Crippen molar-refractivity contribution in [1.29, 1.82) is 0 Å². The zero-order valence-corrected chi connectivity index (χ0v) is 17.3. The Bertz CT molecular complexity index is 1360. The number of ether oxygens (including phenoxy) is 1. The van der Waals surface area contributed by atoms with Gasteiger partial charge in [0.15, 0.2) is 0 Å². The predicted octanol–water partition coefficient (Wildman–Crippen LogP) is 0.847. The van der Waals surface area contributed by atoms with Crippen molar-refractivity contribution in [3.8, 4) is 17.6 Å². The van der Waals surface area contributed by atoms with E-state index in [1.54, 1.807) is 49.5 Å². The zero-order valence-electron chi connectivity index (χ0n) is 17.3. The van der Waals surface area contributed by atoms with E-state index in [0.29, 0.717) is 27.9 Å². The Morgan fingerprint density at radius 3 is 2.62 bits per heavy atom. The lowest BCUT2D eigenvalue weighted by Gasteiger charge is -2.21. The number of carbonyl (C=O) groups is 3. The number of nitrogens with one attached hydrogen (secondary N) is 1. The predicted molar refractivity (Wildman–Crippen MR) is 116 cm³/mol. The summed E-state index contributed by atoms with van der Waals surface area (Å²) in [7, 11) is 1.62. The minimum Gasteiger partial charge on any atom is -0.481 e. The van der Waals surface area contributed by atoms with Crippen LogP contribution in [0.4, 0.5) is 0 Å². The third kappa shape index (κ3) is 3.86. The summed E-state index contributed by atoms with van der Waals surface area (Å²) >= 11 is 0. The van der Waals surface area contributed by atoms with Gasteiger partial charge in [0.1, 0.15) is 18.4 Å². The Balaban J connectivity index is 1.60. The maximum Gasteiger partial charge on any atom is 0.329 e. The smallest absolute Gasteiger partial charge is 0.329 e. The molecule has 162 valence electrons. The highest BCUT2D eigenvalue weighted by Crippen LogP contribution is 2.24. The number of aromatic nitrogens is 2. The van der Waals surface area contributed by atoms with Gasteiger partial charge in [-0.1, -0.05) is 17.9 Å². The lowest BCUT2D eigenvalue weighted by atomic mass is 10.1. The molecule has 4 rings (SSSR count). The molecule has 0 spiro atoms. The van der Waals surface area contributed by atoms with E-state index in [2.05, 4.69) is 17.2 Å². The monoisotopic (exact) mass is 432 g/mol. The first kappa shape index (κ1) is 20.9. The number of fused-ring (bicyclic) bond motifs is 1. The van der Waals surface area contributed by atoms with Crippen LogP contribution in [0.5, 0.6) is 5.75 Å². The SMILES string of the molecule is Cn1c(=O)n(C2CCC(=O)NC2=O)c2cccc(C#CCOc3ccc(C(N)=O)cc3)c21. The molecule has 1 aromatic heterocycles. The van der Waals surface area contributed by atoms with Crippen LogP contribution in [-0.4, -0.2) is 33.5 Å². The third-order valence-electron chi connectivity index (χ3n) is 5.30. The number of rotatable bonds is 4. The Labute approximate surface area is 182 Å². The second kappa shape index (κ2) is 8.43. The van der Waals surface area contributed by atoms with E-state index in [0.717, 1.165) is 0 Å². The van der Waals surface area contributed by atoms with Gasteiger partial charge in [0, 0.05) is 19.0 Å². The number of nitrogens with two attached hydrogens (primary N) is 1. The summed E-state index contributed by atoms with van der Waals surface area (Å²) in [6, 6.07) is 10.9. The van der Waals surface area contributed by atoms with Crippen molar-refractivity contribution in [2.75, 3.05) is 6.61 Å². The van der Waals surface area contributed by atoms with Crippen molar-refractivity contribution < 1.29 is 19.1 Å². The molecule has 32 heavy (non-hydrogen) atoms. The summed E-state index contributed by atoms with van der Waals surface area (Å²) in [6.45, 7) is 0.0914. The molecule has 0 radical (unpaired) electrons. The number of aryl methyl sites for hydroxylation is 1. The molecule has 3 amide bonds. The van der Waals surface area contributed by atoms with Crippen molar-refractivity contribution in [3.63, 3.8) is 0 Å². The van der Waals surface area contributed by atoms with Gasteiger partial charge in [-0.15, -0.1) is 0 Å². The van der Waals surface area contributed by atoms with Gasteiger partial charge in [-0.3, -0.25) is 28.8 Å². The van der Waals surface area contributed by atoms with Crippen molar-refractivity contribution in [2.24, 2.45) is 12.8 Å². The van der Waals surface area contributed by atoms with Crippen LogP contribution >= 0.6 is 0 Å². The lowest BCUT2D eigenvalue weighted by molar-refractivity contribution is -0.135. The molecule has 9 heteroatoms. The number of nitrogens with zero attached hydrogens (tertiary/aromatic N) is 2. The largest absolute Gasteiger partial charge is 0.481 e. The Kier molecular flexibility index (Phi) is 5.52. The van der Waals surface area contributed by atoms with Gasteiger partial charge in [0.2, 0.25) is 17.7 Å². The number of hydrogen-bond acceptors (Lipinski definition) is 5. The van der Waals surface area contributed by atoms with E-state index in [-0.39, 0.29) is 31.0 Å². The Hall–Kier alpha value is -4.32. The minimum atomic E-state index is -0.751. The van der Waals surface area contributed by atoms with Crippen molar-refractivity contribution >= 4 is 28.8 Å². The second-order valence-electron chi connectivity index (χ2n) is 7.33. The number of imidazole rings is 1. The number of para-hydroxylation sites is 1. The fourth-order valence-corrected chi connectivity index (χ4v) is 3.74. The standard InChI is InChI=1S/C23H20N4O5/c1-26-20-14(5-3-13-32-16-9-7-15(8-10-16)21(24)29)4-2-6-17(20)27(23(26)31)18-11-12-19(28)25-22(18)30/h2,4,6-10,18H,11-13H2,1H3,(H2,24,29)(H,25,28,30). The molecule has 0 aliphatic carbocycles. The number of piperidine rings is 1. The van der Waals surface area contributed by atoms with Crippen molar-refractivity contribution in [3.05, 3.63) is 64.1 Å². The molecule has 1 fully saturated rings. The van der Waals surface area contributed by atoms with Crippen LogP contribution in [0, 0.1) is 11.8 Å². The van der Waals surface area contributed by atoms with E-state index >= 15 is 0 Å². The quantitative estimate of drug-likeness (QED) is 0.467. The molecule has 1 aliphatic rings. The molecule has 1 saturated heterocycles. The first-order chi connectivity index (χ1) is 15.4. The topological polar surface area (TPSA) is 125 Å². The number of imide groups is 1. The minimum absolute atomic E-state index is 0.0914. The number of amides is 3. The highest BCUT2D eigenvalue weighted by Gasteiger charge is 2.31. The van der Waals surface area contributed by atoms with E-state index in [4.69, 9.17) is 10.5 Å². The number of carbonyl (C=O) groups excluding carboxylic acids is 3. The van der Waals surface area contributed by atoms with Crippen LogP contribution in [0.3, 0.4) is 0 Å². The number of hydrogen-bond donors (Lipinski definition) is 2. The van der Waals surface area contributed by atoms with Crippen LogP contribution in [-0.2, 0) is 16.6 Å². The number of primary amides is 1. The normalized spacial score (nSPS) is 15.7. The summed E-state index contributed by atoms with van der Waals surface area (Å²) in [5, 5.41) is 2.29. The zero-order chi connectivity index (χ0) is 22.8. The molecule has 1 aliphatic heterocycles. The average Bonchev–Trinajstić information content (AvgIpc) is 3.03. The Morgan fingerprint density at radius 2 is 1.94 bits per heavy atom. The summed E-state index contributed by atoms with van der Waals surface area (Å²) in [5.41, 5.74) is 7.03. The van der Waals surface area contributed by atoms with Gasteiger partial charge < -0.3 is 10.5 Å². The molecule has 3 N–H and O–H groups in total. The molecule has 1 atom stereocenters. The van der Waals surface area contributed by atoms with Crippen LogP contribution in [0.25, 0.3) is 11.0 Å². The molecule has 0 saturated carbocycles. The molecule has 3 aromatic rings. The lowest BCUT2D eigenvalue weighted by Crippen LogP contribution is -2.44. The average molecular weight is 432 g/mol. The molecule has 9 nitrogen and oxygen atoms in total. The Morgan fingerprint density at radius 1 is 1.19 bits per heavy atom. The van der Waals surface area contributed by atoms with E-state index in [1.165, 1.54) is 9.13 Å². The maximum absolute atomic E-state index is 12.9. The molecule has 0 bridgehead atoms. The van der Waals surface area contributed by atoms with E-state index in [1.807, 2.05) is 0 Å². The van der Waals surface area contributed by atoms with Gasteiger partial charge in [-0.05, 0) is 42.8 Å². The summed E-state index contributed by atoms with van der Waals surface area (Å²) in [6.07, 6.45) is 0.443. The highest BCUT2D eigenvalue weighted by molar-refractivity contribution is 6.00. The molecular weight excluding hydrogens is 412 g/mol. The van der Waals surface area contributed by atoms with Crippen LogP contribution in [0.2, 0.25) is 0 Å². The second-order valence-corrected chi connectivity index (χ2v) is 7.33. The fourth-order valence-electron chi connectivity index (χ4n) is 3.74. The molecule has 1 unspecified atom stereocenters.